The van der Waals surface area contributed by atoms with Crippen molar-refractivity contribution >= 4 is 0 Å². The first-order valence-corrected chi connectivity index (χ1v) is 5.14. The number of aromatic nitrogens is 3. The molecule has 0 saturated carbocycles. The van der Waals surface area contributed by atoms with Gasteiger partial charge in [0.25, 0.3) is 0 Å². The van der Waals surface area contributed by atoms with Crippen LogP contribution in [0.3, 0.4) is 0 Å². The zero-order valence-corrected chi connectivity index (χ0v) is 9.35. The average Bonchev–Trinajstić information content (AvgIpc) is 2.65. The van der Waals surface area contributed by atoms with Crippen molar-refractivity contribution in [3.8, 4) is 0 Å². The van der Waals surface area contributed by atoms with Gasteiger partial charge in [-0.3, -0.25) is 11.3 Å². The molecule has 1 aromatic heterocycles. The van der Waals surface area contributed by atoms with Crippen molar-refractivity contribution < 1.29 is 0 Å². The molecule has 1 aromatic rings. The summed E-state index contributed by atoms with van der Waals surface area (Å²) in [5, 5.41) is 4.17. The lowest BCUT2D eigenvalue weighted by atomic mass is 10.1. The first-order chi connectivity index (χ1) is 7.19. The second-order valence-corrected chi connectivity index (χ2v) is 3.81. The molecule has 0 saturated heterocycles. The third-order valence-electron chi connectivity index (χ3n) is 2.25. The monoisotopic (exact) mass is 209 g/mol. The summed E-state index contributed by atoms with van der Waals surface area (Å²) < 4.78 is 1.91. The quantitative estimate of drug-likeness (QED) is 0.413. The Morgan fingerprint density at radius 2 is 2.40 bits per heavy atom. The molecular weight excluding hydrogens is 190 g/mol. The summed E-state index contributed by atoms with van der Waals surface area (Å²) in [4.78, 5) is 4.23. The molecular formula is C10H19N5. The molecule has 0 aliphatic carbocycles. The number of rotatable bonds is 6. The Labute approximate surface area is 90.3 Å². The molecule has 0 bridgehead atoms. The Bertz CT molecular complexity index is 305. The van der Waals surface area contributed by atoms with E-state index >= 15 is 0 Å². The van der Waals surface area contributed by atoms with Crippen LogP contribution in [0.15, 0.2) is 19.0 Å². The highest BCUT2D eigenvalue weighted by molar-refractivity contribution is 4.92. The lowest BCUT2D eigenvalue weighted by Gasteiger charge is -2.15. The second-order valence-electron chi connectivity index (χ2n) is 3.81. The fourth-order valence-corrected chi connectivity index (χ4v) is 1.48. The van der Waals surface area contributed by atoms with Gasteiger partial charge in [0.1, 0.15) is 12.2 Å². The van der Waals surface area contributed by atoms with E-state index in [4.69, 9.17) is 5.84 Å². The molecule has 1 rings (SSSR count). The number of hydrogen-bond donors (Lipinski definition) is 2. The van der Waals surface area contributed by atoms with Crippen molar-refractivity contribution in [2.75, 3.05) is 0 Å². The van der Waals surface area contributed by atoms with Crippen LogP contribution in [-0.4, -0.2) is 20.8 Å². The predicted molar refractivity (Wildman–Crippen MR) is 60.0 cm³/mol. The summed E-state index contributed by atoms with van der Waals surface area (Å²) >= 11 is 0. The van der Waals surface area contributed by atoms with Crippen LogP contribution in [0.25, 0.3) is 0 Å². The third kappa shape index (κ3) is 3.14. The normalized spacial score (nSPS) is 13.1. The van der Waals surface area contributed by atoms with E-state index < -0.39 is 0 Å². The molecule has 3 N–H and O–H groups in total. The number of hydrogen-bond acceptors (Lipinski definition) is 4. The Morgan fingerprint density at radius 1 is 1.67 bits per heavy atom. The van der Waals surface area contributed by atoms with Gasteiger partial charge in [-0.15, -0.1) is 6.58 Å². The summed E-state index contributed by atoms with van der Waals surface area (Å²) in [7, 11) is 0. The van der Waals surface area contributed by atoms with Crippen molar-refractivity contribution in [1.82, 2.24) is 20.2 Å². The Balaban J connectivity index is 2.69. The van der Waals surface area contributed by atoms with Crippen LogP contribution in [0.5, 0.6) is 0 Å². The minimum Gasteiger partial charge on any atom is -0.271 e. The lowest BCUT2D eigenvalue weighted by molar-refractivity contribution is 0.462. The largest absolute Gasteiger partial charge is 0.271 e. The smallest absolute Gasteiger partial charge is 0.138 e. The van der Waals surface area contributed by atoms with E-state index in [1.165, 1.54) is 0 Å². The third-order valence-corrected chi connectivity index (χ3v) is 2.25. The highest BCUT2D eigenvalue weighted by atomic mass is 15.3. The maximum absolute atomic E-state index is 5.45. The second kappa shape index (κ2) is 5.63. The van der Waals surface area contributed by atoms with Gasteiger partial charge in [-0.05, 0) is 20.3 Å². The number of nitrogens with zero attached hydrogens (tertiary/aromatic N) is 3. The van der Waals surface area contributed by atoms with Crippen molar-refractivity contribution in [3.63, 3.8) is 0 Å². The van der Waals surface area contributed by atoms with E-state index in [2.05, 4.69) is 35.9 Å². The van der Waals surface area contributed by atoms with E-state index in [9.17, 15) is 0 Å². The van der Waals surface area contributed by atoms with Gasteiger partial charge in [-0.25, -0.2) is 9.67 Å². The van der Waals surface area contributed by atoms with Crippen LogP contribution >= 0.6 is 0 Å². The van der Waals surface area contributed by atoms with Crippen molar-refractivity contribution in [2.24, 2.45) is 5.84 Å². The van der Waals surface area contributed by atoms with Crippen molar-refractivity contribution in [1.29, 1.82) is 0 Å². The van der Waals surface area contributed by atoms with Crippen molar-refractivity contribution in [3.05, 3.63) is 24.8 Å². The van der Waals surface area contributed by atoms with Crippen LogP contribution in [-0.2, 0) is 6.42 Å². The number of nitrogens with two attached hydrogens (primary N) is 1. The van der Waals surface area contributed by atoms with Crippen LogP contribution in [0.2, 0.25) is 0 Å². The number of nitrogens with one attached hydrogen (secondary N) is 1. The van der Waals surface area contributed by atoms with Gasteiger partial charge in [0.15, 0.2) is 0 Å². The van der Waals surface area contributed by atoms with Gasteiger partial charge >= 0.3 is 0 Å². The molecule has 5 nitrogen and oxygen atoms in total. The van der Waals surface area contributed by atoms with Gasteiger partial charge in [0.2, 0.25) is 0 Å². The minimum atomic E-state index is 0.171. The topological polar surface area (TPSA) is 68.8 Å². The number of hydrazine groups is 1. The molecule has 0 aliphatic rings. The molecule has 1 atom stereocenters. The minimum absolute atomic E-state index is 0.171. The van der Waals surface area contributed by atoms with E-state index in [1.807, 2.05) is 10.8 Å². The van der Waals surface area contributed by atoms with Gasteiger partial charge in [-0.1, -0.05) is 6.08 Å². The molecule has 84 valence electrons. The van der Waals surface area contributed by atoms with E-state index in [-0.39, 0.29) is 6.04 Å². The first kappa shape index (κ1) is 11.9. The molecule has 15 heavy (non-hydrogen) atoms. The molecule has 0 amide bonds. The molecule has 1 heterocycles. The molecule has 0 fully saturated rings. The molecule has 0 aliphatic heterocycles. The van der Waals surface area contributed by atoms with E-state index in [1.54, 1.807) is 6.33 Å². The SMILES string of the molecule is C=CCC(Cc1ncnn1C(C)C)NN. The zero-order chi connectivity index (χ0) is 11.3. The van der Waals surface area contributed by atoms with Crippen LogP contribution < -0.4 is 11.3 Å². The van der Waals surface area contributed by atoms with E-state index in [0.717, 1.165) is 18.7 Å². The lowest BCUT2D eigenvalue weighted by Crippen LogP contribution is -2.37. The van der Waals surface area contributed by atoms with Crippen molar-refractivity contribution in [2.45, 2.75) is 38.8 Å². The van der Waals surface area contributed by atoms with Crippen LogP contribution in [0.1, 0.15) is 32.1 Å². The first-order valence-electron chi connectivity index (χ1n) is 5.14. The van der Waals surface area contributed by atoms with Crippen LogP contribution in [0.4, 0.5) is 0 Å². The summed E-state index contributed by atoms with van der Waals surface area (Å²) in [5.74, 6) is 6.40. The highest BCUT2D eigenvalue weighted by Crippen LogP contribution is 2.08. The zero-order valence-electron chi connectivity index (χ0n) is 9.35. The van der Waals surface area contributed by atoms with E-state index in [0.29, 0.717) is 6.04 Å². The molecule has 0 spiro atoms. The maximum Gasteiger partial charge on any atom is 0.138 e. The molecule has 0 aromatic carbocycles. The van der Waals surface area contributed by atoms with Crippen LogP contribution in [0, 0.1) is 0 Å². The molecule has 5 heteroatoms. The maximum atomic E-state index is 5.45. The molecule has 0 radical (unpaired) electrons. The summed E-state index contributed by atoms with van der Waals surface area (Å²) in [5.41, 5.74) is 2.76. The summed E-state index contributed by atoms with van der Waals surface area (Å²) in [6, 6.07) is 0.494. The van der Waals surface area contributed by atoms with Gasteiger partial charge < -0.3 is 0 Å². The van der Waals surface area contributed by atoms with Gasteiger partial charge in [-0.2, -0.15) is 5.10 Å². The fourth-order valence-electron chi connectivity index (χ4n) is 1.48. The van der Waals surface area contributed by atoms with Gasteiger partial charge in [0.05, 0.1) is 0 Å². The summed E-state index contributed by atoms with van der Waals surface area (Å²) in [6.07, 6.45) is 5.01. The average molecular weight is 209 g/mol. The standard InChI is InChI=1S/C10H19N5/c1-4-5-9(14-11)6-10-12-7-13-15(10)8(2)3/h4,7-9,14H,1,5-6,11H2,2-3H3. The summed E-state index contributed by atoms with van der Waals surface area (Å²) in [6.45, 7) is 7.86. The Morgan fingerprint density at radius 3 is 2.93 bits per heavy atom. The molecule has 1 unspecified atom stereocenters. The Hall–Kier alpha value is -1.20. The van der Waals surface area contributed by atoms with Gasteiger partial charge in [0, 0.05) is 18.5 Å². The predicted octanol–water partition coefficient (Wildman–Crippen LogP) is 0.810. The Kier molecular flexibility index (Phi) is 4.45. The fraction of sp³-hybridized carbons (Fsp3) is 0.600. The highest BCUT2D eigenvalue weighted by Gasteiger charge is 2.12.